The molecule has 2 bridgehead atoms. The second-order valence-corrected chi connectivity index (χ2v) is 7.14. The first-order valence-electron chi connectivity index (χ1n) is 7.50. The molecule has 2 aliphatic rings. The SMILES string of the molecule is CC(C)[C@@]12CC[C@](C)(O1)[C@@H](OCc1ccccc1Cl)C2. The van der Waals surface area contributed by atoms with Crippen molar-refractivity contribution in [1.82, 2.24) is 0 Å². The van der Waals surface area contributed by atoms with E-state index >= 15 is 0 Å². The van der Waals surface area contributed by atoms with E-state index < -0.39 is 0 Å². The van der Waals surface area contributed by atoms with Crippen molar-refractivity contribution in [3.05, 3.63) is 34.9 Å². The summed E-state index contributed by atoms with van der Waals surface area (Å²) in [5.41, 5.74) is 0.963. The van der Waals surface area contributed by atoms with Gasteiger partial charge in [0.25, 0.3) is 0 Å². The third-order valence-corrected chi connectivity index (χ3v) is 5.51. The van der Waals surface area contributed by atoms with Gasteiger partial charge in [-0.2, -0.15) is 0 Å². The van der Waals surface area contributed by atoms with Gasteiger partial charge in [0.15, 0.2) is 0 Å². The summed E-state index contributed by atoms with van der Waals surface area (Å²) in [4.78, 5) is 0. The van der Waals surface area contributed by atoms with Crippen molar-refractivity contribution in [2.75, 3.05) is 0 Å². The lowest BCUT2D eigenvalue weighted by atomic mass is 9.75. The molecule has 3 heteroatoms. The number of ether oxygens (including phenoxy) is 2. The Balaban J connectivity index is 1.69. The Hall–Kier alpha value is -0.570. The van der Waals surface area contributed by atoms with Crippen LogP contribution in [0.25, 0.3) is 0 Å². The molecule has 1 aromatic rings. The summed E-state index contributed by atoms with van der Waals surface area (Å²) in [6.45, 7) is 7.27. The van der Waals surface area contributed by atoms with Crippen molar-refractivity contribution >= 4 is 11.6 Å². The lowest BCUT2D eigenvalue weighted by Crippen LogP contribution is -2.38. The van der Waals surface area contributed by atoms with Crippen LogP contribution in [0.4, 0.5) is 0 Å². The number of hydrogen-bond donors (Lipinski definition) is 0. The second kappa shape index (κ2) is 5.01. The Kier molecular flexibility index (Phi) is 3.60. The van der Waals surface area contributed by atoms with Gasteiger partial charge in [0.2, 0.25) is 0 Å². The highest BCUT2D eigenvalue weighted by Crippen LogP contribution is 2.55. The molecule has 2 saturated heterocycles. The molecular formula is C17H23ClO2. The van der Waals surface area contributed by atoms with Gasteiger partial charge < -0.3 is 9.47 Å². The van der Waals surface area contributed by atoms with Crippen LogP contribution in [0.5, 0.6) is 0 Å². The van der Waals surface area contributed by atoms with Gasteiger partial charge in [-0.05, 0) is 37.3 Å². The van der Waals surface area contributed by atoms with Crippen LogP contribution in [0.3, 0.4) is 0 Å². The van der Waals surface area contributed by atoms with Gasteiger partial charge in [-0.3, -0.25) is 0 Å². The molecule has 0 spiro atoms. The summed E-state index contributed by atoms with van der Waals surface area (Å²) in [5.74, 6) is 0.540. The smallest absolute Gasteiger partial charge is 0.0924 e. The molecule has 2 aliphatic heterocycles. The van der Waals surface area contributed by atoms with Crippen LogP contribution in [0.15, 0.2) is 24.3 Å². The Morgan fingerprint density at radius 2 is 2.10 bits per heavy atom. The second-order valence-electron chi connectivity index (χ2n) is 6.73. The van der Waals surface area contributed by atoms with Crippen LogP contribution >= 0.6 is 11.6 Å². The Morgan fingerprint density at radius 3 is 2.75 bits per heavy atom. The molecule has 0 aliphatic carbocycles. The first-order chi connectivity index (χ1) is 9.45. The number of benzene rings is 1. The summed E-state index contributed by atoms with van der Waals surface area (Å²) in [6.07, 6.45) is 3.44. The van der Waals surface area contributed by atoms with Crippen molar-refractivity contribution in [2.45, 2.75) is 63.9 Å². The minimum absolute atomic E-state index is 0.0277. The predicted molar refractivity (Wildman–Crippen MR) is 80.9 cm³/mol. The molecule has 0 amide bonds. The fourth-order valence-corrected chi connectivity index (χ4v) is 3.80. The highest BCUT2D eigenvalue weighted by Gasteiger charge is 2.60. The van der Waals surface area contributed by atoms with Gasteiger partial charge >= 0.3 is 0 Å². The molecule has 0 aromatic heterocycles. The average Bonchev–Trinajstić information content (AvgIpc) is 2.90. The first kappa shape index (κ1) is 14.4. The molecule has 0 saturated carbocycles. The van der Waals surface area contributed by atoms with E-state index in [1.807, 2.05) is 24.3 Å². The third kappa shape index (κ3) is 2.28. The molecule has 2 heterocycles. The van der Waals surface area contributed by atoms with E-state index in [1.165, 1.54) is 0 Å². The predicted octanol–water partition coefficient (Wildman–Crippen LogP) is 4.59. The summed E-state index contributed by atoms with van der Waals surface area (Å²) in [7, 11) is 0. The minimum atomic E-state index is -0.120. The molecule has 110 valence electrons. The molecular weight excluding hydrogens is 272 g/mol. The standard InChI is InChI=1S/C17H23ClO2/c1-12(2)17-9-8-16(3,20-17)15(10-17)19-11-13-6-4-5-7-14(13)18/h4-7,12,15H,8-11H2,1-3H3/t15-,16-,17-/m0/s1. The lowest BCUT2D eigenvalue weighted by Gasteiger charge is -2.31. The highest BCUT2D eigenvalue weighted by molar-refractivity contribution is 6.31. The van der Waals surface area contributed by atoms with Crippen molar-refractivity contribution < 1.29 is 9.47 Å². The Labute approximate surface area is 126 Å². The van der Waals surface area contributed by atoms with Gasteiger partial charge in [0.05, 0.1) is 23.9 Å². The fraction of sp³-hybridized carbons (Fsp3) is 0.647. The van der Waals surface area contributed by atoms with Crippen LogP contribution < -0.4 is 0 Å². The molecule has 1 aromatic carbocycles. The largest absolute Gasteiger partial charge is 0.370 e. The summed E-state index contributed by atoms with van der Waals surface area (Å²) < 4.78 is 12.6. The van der Waals surface area contributed by atoms with E-state index in [0.717, 1.165) is 29.8 Å². The lowest BCUT2D eigenvalue weighted by molar-refractivity contribution is -0.0959. The summed E-state index contributed by atoms with van der Waals surface area (Å²) >= 11 is 6.19. The highest BCUT2D eigenvalue weighted by atomic mass is 35.5. The average molecular weight is 295 g/mol. The Bertz CT molecular complexity index is 502. The molecule has 3 rings (SSSR count). The van der Waals surface area contributed by atoms with Crippen molar-refractivity contribution in [1.29, 1.82) is 0 Å². The van der Waals surface area contributed by atoms with Crippen molar-refractivity contribution in [3.8, 4) is 0 Å². The van der Waals surface area contributed by atoms with E-state index in [9.17, 15) is 0 Å². The van der Waals surface area contributed by atoms with Gasteiger partial charge in [-0.15, -0.1) is 0 Å². The van der Waals surface area contributed by atoms with Gasteiger partial charge in [-0.25, -0.2) is 0 Å². The van der Waals surface area contributed by atoms with Gasteiger partial charge in [0, 0.05) is 11.4 Å². The number of fused-ring (bicyclic) bond motifs is 2. The molecule has 0 radical (unpaired) electrons. The monoisotopic (exact) mass is 294 g/mol. The molecule has 2 fully saturated rings. The molecule has 2 nitrogen and oxygen atoms in total. The maximum atomic E-state index is 6.38. The zero-order chi connectivity index (χ0) is 14.4. The molecule has 0 N–H and O–H groups in total. The maximum absolute atomic E-state index is 6.38. The van der Waals surface area contributed by atoms with E-state index in [0.29, 0.717) is 12.5 Å². The van der Waals surface area contributed by atoms with E-state index in [1.54, 1.807) is 0 Å². The van der Waals surface area contributed by atoms with Crippen LogP contribution in [0, 0.1) is 5.92 Å². The summed E-state index contributed by atoms with van der Waals surface area (Å²) in [5, 5.41) is 0.778. The molecule has 3 atom stereocenters. The minimum Gasteiger partial charge on any atom is -0.370 e. The molecule has 20 heavy (non-hydrogen) atoms. The van der Waals surface area contributed by atoms with E-state index in [4.69, 9.17) is 21.1 Å². The zero-order valence-electron chi connectivity index (χ0n) is 12.5. The van der Waals surface area contributed by atoms with Crippen LogP contribution in [0.1, 0.15) is 45.6 Å². The van der Waals surface area contributed by atoms with E-state index in [2.05, 4.69) is 20.8 Å². The normalized spacial score (nSPS) is 36.0. The zero-order valence-corrected chi connectivity index (χ0v) is 13.2. The first-order valence-corrected chi connectivity index (χ1v) is 7.88. The van der Waals surface area contributed by atoms with Crippen LogP contribution in [0.2, 0.25) is 5.02 Å². The van der Waals surface area contributed by atoms with Crippen molar-refractivity contribution in [3.63, 3.8) is 0 Å². The van der Waals surface area contributed by atoms with Gasteiger partial charge in [-0.1, -0.05) is 43.6 Å². The van der Waals surface area contributed by atoms with Crippen LogP contribution in [-0.4, -0.2) is 17.3 Å². The number of hydrogen-bond acceptors (Lipinski definition) is 2. The molecule has 0 unspecified atom stereocenters. The quantitative estimate of drug-likeness (QED) is 0.808. The Morgan fingerprint density at radius 1 is 1.35 bits per heavy atom. The maximum Gasteiger partial charge on any atom is 0.0924 e. The van der Waals surface area contributed by atoms with Gasteiger partial charge in [0.1, 0.15) is 0 Å². The number of rotatable bonds is 4. The van der Waals surface area contributed by atoms with Crippen molar-refractivity contribution in [2.24, 2.45) is 5.92 Å². The van der Waals surface area contributed by atoms with Crippen LogP contribution in [-0.2, 0) is 16.1 Å². The summed E-state index contributed by atoms with van der Waals surface area (Å²) in [6, 6.07) is 7.88. The number of halogens is 1. The topological polar surface area (TPSA) is 18.5 Å². The third-order valence-electron chi connectivity index (χ3n) is 5.14. The van der Waals surface area contributed by atoms with E-state index in [-0.39, 0.29) is 17.3 Å². The fourth-order valence-electron chi connectivity index (χ4n) is 3.61.